The van der Waals surface area contributed by atoms with Gasteiger partial charge in [0.05, 0.1) is 12.2 Å². The van der Waals surface area contributed by atoms with Gasteiger partial charge >= 0.3 is 12.4 Å². The molecule has 9 heteroatoms. The van der Waals surface area contributed by atoms with Gasteiger partial charge in [-0.05, 0) is 36.8 Å². The molecule has 1 aromatic heterocycles. The van der Waals surface area contributed by atoms with Crippen LogP contribution in [0.1, 0.15) is 11.3 Å². The van der Waals surface area contributed by atoms with E-state index in [1.165, 1.54) is 18.2 Å². The smallest absolute Gasteiger partial charge is 0.425 e. The molecule has 0 atom stereocenters. The van der Waals surface area contributed by atoms with Crippen LogP contribution < -0.4 is 14.8 Å². The lowest BCUT2D eigenvalue weighted by atomic mass is 10.2. The van der Waals surface area contributed by atoms with Gasteiger partial charge in [0.1, 0.15) is 11.5 Å². The topological polar surface area (TPSA) is 48.3 Å². The second kappa shape index (κ2) is 8.02. The molecule has 28 heavy (non-hydrogen) atoms. The number of anilines is 1. The lowest BCUT2D eigenvalue weighted by Crippen LogP contribution is -2.17. The molecule has 5 nitrogen and oxygen atoms in total. The molecule has 1 N–H and O–H groups in total. The van der Waals surface area contributed by atoms with E-state index in [4.69, 9.17) is 16.3 Å². The Morgan fingerprint density at radius 3 is 2.43 bits per heavy atom. The van der Waals surface area contributed by atoms with Gasteiger partial charge in [-0.15, -0.1) is 13.2 Å². The molecule has 0 aliphatic carbocycles. The van der Waals surface area contributed by atoms with Crippen LogP contribution in [0.4, 0.5) is 19.0 Å². The van der Waals surface area contributed by atoms with Crippen molar-refractivity contribution in [3.8, 4) is 17.5 Å². The van der Waals surface area contributed by atoms with Crippen LogP contribution in [-0.4, -0.2) is 23.0 Å². The average molecular weight is 412 g/mol. The summed E-state index contributed by atoms with van der Waals surface area (Å²) in [7, 11) is 1.73. The highest BCUT2D eigenvalue weighted by Gasteiger charge is 2.31. The summed E-state index contributed by atoms with van der Waals surface area (Å²) < 4.78 is 48.8. The third-order valence-corrected chi connectivity index (χ3v) is 4.18. The zero-order valence-corrected chi connectivity index (χ0v) is 15.8. The number of nitrogens with zero attached hydrogens (tertiary/aromatic N) is 2. The molecule has 2 aromatic carbocycles. The highest BCUT2D eigenvalue weighted by molar-refractivity contribution is 6.30. The first-order chi connectivity index (χ1) is 13.2. The summed E-state index contributed by atoms with van der Waals surface area (Å²) in [5.74, 6) is 0.407. The third kappa shape index (κ3) is 4.89. The van der Waals surface area contributed by atoms with Crippen molar-refractivity contribution < 1.29 is 22.6 Å². The molecule has 0 bridgehead atoms. The minimum Gasteiger partial charge on any atom is -0.425 e. The first kappa shape index (κ1) is 19.9. The van der Waals surface area contributed by atoms with Crippen molar-refractivity contribution in [3.05, 3.63) is 64.8 Å². The van der Waals surface area contributed by atoms with Crippen molar-refractivity contribution in [2.75, 3.05) is 12.4 Å². The van der Waals surface area contributed by atoms with Crippen molar-refractivity contribution in [1.82, 2.24) is 9.55 Å². The molecule has 0 spiro atoms. The predicted molar refractivity (Wildman–Crippen MR) is 100 cm³/mol. The molecule has 0 radical (unpaired) electrons. The molecule has 0 aliphatic rings. The van der Waals surface area contributed by atoms with Gasteiger partial charge < -0.3 is 14.8 Å². The molecule has 0 saturated carbocycles. The van der Waals surface area contributed by atoms with E-state index in [1.807, 2.05) is 23.6 Å². The van der Waals surface area contributed by atoms with Crippen molar-refractivity contribution in [2.45, 2.75) is 19.8 Å². The Balaban J connectivity index is 1.89. The van der Waals surface area contributed by atoms with Crippen LogP contribution in [0.15, 0.2) is 48.5 Å². The van der Waals surface area contributed by atoms with Crippen LogP contribution in [0.25, 0.3) is 0 Å². The second-order valence-corrected chi connectivity index (χ2v) is 6.35. The molecular weight excluding hydrogens is 395 g/mol. The van der Waals surface area contributed by atoms with E-state index in [1.54, 1.807) is 19.2 Å². The Bertz CT molecular complexity index is 956. The Morgan fingerprint density at radius 1 is 1.11 bits per heavy atom. The summed E-state index contributed by atoms with van der Waals surface area (Å²) in [6, 6.07) is 12.8. The van der Waals surface area contributed by atoms with Crippen LogP contribution in [-0.2, 0) is 6.54 Å². The fraction of sp³-hybridized carbons (Fsp3) is 0.211. The maximum absolute atomic E-state index is 12.4. The van der Waals surface area contributed by atoms with Crippen molar-refractivity contribution in [3.63, 3.8) is 0 Å². The first-order valence-corrected chi connectivity index (χ1v) is 8.66. The summed E-state index contributed by atoms with van der Waals surface area (Å²) in [5, 5.41) is 3.60. The second-order valence-electron chi connectivity index (χ2n) is 5.92. The molecular formula is C19H17ClF3N3O2. The summed E-state index contributed by atoms with van der Waals surface area (Å²) in [6.07, 6.45) is -4.78. The zero-order chi connectivity index (χ0) is 20.3. The molecule has 0 amide bonds. The number of hydrogen-bond acceptors (Lipinski definition) is 4. The van der Waals surface area contributed by atoms with E-state index in [9.17, 15) is 13.2 Å². The molecule has 0 fully saturated rings. The zero-order valence-electron chi connectivity index (χ0n) is 15.0. The Morgan fingerprint density at radius 2 is 1.79 bits per heavy atom. The summed E-state index contributed by atoms with van der Waals surface area (Å²) in [5.41, 5.74) is 1.78. The Labute approximate surface area is 164 Å². The summed E-state index contributed by atoms with van der Waals surface area (Å²) in [4.78, 5) is 4.38. The molecule has 0 saturated heterocycles. The lowest BCUT2D eigenvalue weighted by Gasteiger charge is -2.12. The maximum atomic E-state index is 12.4. The van der Waals surface area contributed by atoms with Crippen molar-refractivity contribution in [2.24, 2.45) is 0 Å². The average Bonchev–Trinajstić information content (AvgIpc) is 2.91. The standard InChI is InChI=1S/C19H17ClF3N3O2/c1-12-17(24-2)25-18(26(12)11-13-6-8-14(20)9-7-13)27-15-4-3-5-16(10-15)28-19(21,22)23/h3-10,24H,11H2,1-2H3. The van der Waals surface area contributed by atoms with Gasteiger partial charge in [0.2, 0.25) is 0 Å². The van der Waals surface area contributed by atoms with E-state index < -0.39 is 6.36 Å². The summed E-state index contributed by atoms with van der Waals surface area (Å²) in [6.45, 7) is 2.32. The number of ether oxygens (including phenoxy) is 2. The van der Waals surface area contributed by atoms with Gasteiger partial charge in [-0.3, -0.25) is 4.57 Å². The van der Waals surface area contributed by atoms with E-state index in [0.717, 1.165) is 17.3 Å². The SMILES string of the molecule is CNc1nc(Oc2cccc(OC(F)(F)F)c2)n(Cc2ccc(Cl)cc2)c1C. The largest absolute Gasteiger partial charge is 0.573 e. The Kier molecular flexibility index (Phi) is 5.69. The number of imidazole rings is 1. The van der Waals surface area contributed by atoms with Gasteiger partial charge in [0.15, 0.2) is 5.82 Å². The number of aromatic nitrogens is 2. The van der Waals surface area contributed by atoms with Crippen LogP contribution >= 0.6 is 11.6 Å². The highest BCUT2D eigenvalue weighted by Crippen LogP contribution is 2.31. The lowest BCUT2D eigenvalue weighted by molar-refractivity contribution is -0.274. The van der Waals surface area contributed by atoms with Crippen molar-refractivity contribution >= 4 is 17.4 Å². The Hall–Kier alpha value is -2.87. The predicted octanol–water partition coefficient (Wildman–Crippen LogP) is 5.63. The van der Waals surface area contributed by atoms with E-state index in [0.29, 0.717) is 17.4 Å². The van der Waals surface area contributed by atoms with Crippen LogP contribution in [0.5, 0.6) is 17.5 Å². The number of halogens is 4. The van der Waals surface area contributed by atoms with Gasteiger partial charge in [-0.2, -0.15) is 4.98 Å². The van der Waals surface area contributed by atoms with Crippen LogP contribution in [0, 0.1) is 6.92 Å². The van der Waals surface area contributed by atoms with Crippen LogP contribution in [0.2, 0.25) is 5.02 Å². The quantitative estimate of drug-likeness (QED) is 0.571. The molecule has 148 valence electrons. The monoisotopic (exact) mass is 411 g/mol. The molecule has 0 unspecified atom stereocenters. The number of alkyl halides is 3. The van der Waals surface area contributed by atoms with E-state index in [2.05, 4.69) is 15.0 Å². The fourth-order valence-corrected chi connectivity index (χ4v) is 2.75. The highest BCUT2D eigenvalue weighted by atomic mass is 35.5. The van der Waals surface area contributed by atoms with E-state index in [-0.39, 0.29) is 17.5 Å². The number of benzene rings is 2. The van der Waals surface area contributed by atoms with Crippen LogP contribution in [0.3, 0.4) is 0 Å². The maximum Gasteiger partial charge on any atom is 0.573 e. The summed E-state index contributed by atoms with van der Waals surface area (Å²) >= 11 is 5.93. The number of nitrogens with one attached hydrogen (secondary N) is 1. The molecule has 3 aromatic rings. The minimum absolute atomic E-state index is 0.173. The third-order valence-electron chi connectivity index (χ3n) is 3.92. The fourth-order valence-electron chi connectivity index (χ4n) is 2.62. The first-order valence-electron chi connectivity index (χ1n) is 8.28. The van der Waals surface area contributed by atoms with E-state index >= 15 is 0 Å². The van der Waals surface area contributed by atoms with Gasteiger partial charge in [0.25, 0.3) is 0 Å². The van der Waals surface area contributed by atoms with Gasteiger partial charge in [-0.1, -0.05) is 29.8 Å². The molecule has 3 rings (SSSR count). The molecule has 0 aliphatic heterocycles. The number of rotatable bonds is 6. The normalized spacial score (nSPS) is 11.4. The minimum atomic E-state index is -4.78. The van der Waals surface area contributed by atoms with Gasteiger partial charge in [0, 0.05) is 18.1 Å². The van der Waals surface area contributed by atoms with Gasteiger partial charge in [-0.25, -0.2) is 0 Å². The molecule has 1 heterocycles. The number of hydrogen-bond donors (Lipinski definition) is 1. The van der Waals surface area contributed by atoms with Crippen molar-refractivity contribution in [1.29, 1.82) is 0 Å².